The van der Waals surface area contributed by atoms with E-state index >= 15 is 0 Å². The summed E-state index contributed by atoms with van der Waals surface area (Å²) in [6, 6.07) is 9.27. The molecule has 5 heteroatoms. The molecule has 0 spiro atoms. The molecule has 0 bridgehead atoms. The average molecular weight is 249 g/mol. The van der Waals surface area contributed by atoms with Crippen LogP contribution in [0.3, 0.4) is 0 Å². The Morgan fingerprint density at radius 3 is 2.72 bits per heavy atom. The molecule has 1 aliphatic rings. The Labute approximate surface area is 105 Å². The van der Waals surface area contributed by atoms with Gasteiger partial charge in [0.25, 0.3) is 5.91 Å². The molecule has 1 atom stereocenters. The first kappa shape index (κ1) is 12.4. The molecule has 1 fully saturated rings. The number of hydrogen-bond acceptors (Lipinski definition) is 4. The minimum absolute atomic E-state index is 0.0122. The molecule has 1 amide bonds. The summed E-state index contributed by atoms with van der Waals surface area (Å²) in [5.41, 5.74) is 0.872. The first-order valence-electron chi connectivity index (χ1n) is 5.91. The molecule has 0 saturated carbocycles. The predicted molar refractivity (Wildman–Crippen MR) is 63.3 cm³/mol. The third-order valence-electron chi connectivity index (χ3n) is 2.83. The number of benzene rings is 1. The van der Waals surface area contributed by atoms with E-state index in [9.17, 15) is 9.59 Å². The monoisotopic (exact) mass is 249 g/mol. The Kier molecular flexibility index (Phi) is 3.82. The van der Waals surface area contributed by atoms with Crippen LogP contribution >= 0.6 is 0 Å². The summed E-state index contributed by atoms with van der Waals surface area (Å²) in [6.07, 6.45) is 0.352. The lowest BCUT2D eigenvalue weighted by Gasteiger charge is -2.36. The fourth-order valence-electron chi connectivity index (χ4n) is 1.72. The van der Waals surface area contributed by atoms with Crippen molar-refractivity contribution in [2.24, 2.45) is 0 Å². The van der Waals surface area contributed by atoms with Crippen LogP contribution in [0.1, 0.15) is 25.3 Å². The molecular formula is C13H15NO4. The highest BCUT2D eigenvalue weighted by atomic mass is 16.8. The average Bonchev–Trinajstić information content (AvgIpc) is 2.41. The Balaban J connectivity index is 1.77. The van der Waals surface area contributed by atoms with E-state index in [-0.39, 0.29) is 18.6 Å². The Morgan fingerprint density at radius 2 is 2.11 bits per heavy atom. The van der Waals surface area contributed by atoms with Crippen LogP contribution in [0.4, 0.5) is 4.79 Å². The zero-order valence-corrected chi connectivity index (χ0v) is 10.2. The molecule has 1 saturated heterocycles. The molecule has 0 N–H and O–H groups in total. The van der Waals surface area contributed by atoms with Crippen LogP contribution in [0, 0.1) is 0 Å². The van der Waals surface area contributed by atoms with Gasteiger partial charge in [0.1, 0.15) is 6.61 Å². The normalized spacial score (nSPS) is 18.2. The van der Waals surface area contributed by atoms with E-state index in [1.807, 2.05) is 37.3 Å². The van der Waals surface area contributed by atoms with Gasteiger partial charge in [-0.3, -0.25) is 4.79 Å². The van der Waals surface area contributed by atoms with Crippen LogP contribution in [0.2, 0.25) is 0 Å². The molecule has 1 aromatic rings. The predicted octanol–water partition coefficient (Wildman–Crippen LogP) is 2.27. The van der Waals surface area contributed by atoms with E-state index in [0.717, 1.165) is 17.0 Å². The summed E-state index contributed by atoms with van der Waals surface area (Å²) >= 11 is 0. The largest absolute Gasteiger partial charge is 0.533 e. The van der Waals surface area contributed by atoms with Gasteiger partial charge >= 0.3 is 6.16 Å². The Bertz CT molecular complexity index is 432. The summed E-state index contributed by atoms with van der Waals surface area (Å²) in [5.74, 6) is -0.182. The highest BCUT2D eigenvalue weighted by Gasteiger charge is 2.38. The van der Waals surface area contributed by atoms with Crippen molar-refractivity contribution < 1.29 is 19.2 Å². The van der Waals surface area contributed by atoms with Gasteiger partial charge in [-0.2, -0.15) is 5.06 Å². The Hall–Kier alpha value is -2.04. The van der Waals surface area contributed by atoms with Crippen LogP contribution in [0.25, 0.3) is 0 Å². The SMILES string of the molecule is CC[C@H]1CC(=O)N1OC(=O)OCc1ccccc1. The van der Waals surface area contributed by atoms with Crippen molar-refractivity contribution in [2.75, 3.05) is 0 Å². The summed E-state index contributed by atoms with van der Waals surface area (Å²) in [4.78, 5) is 27.4. The maximum atomic E-state index is 11.4. The zero-order valence-electron chi connectivity index (χ0n) is 10.2. The molecule has 1 aromatic carbocycles. The topological polar surface area (TPSA) is 55.8 Å². The van der Waals surface area contributed by atoms with Crippen molar-refractivity contribution in [3.05, 3.63) is 35.9 Å². The number of carbonyl (C=O) groups is 2. The molecule has 1 heterocycles. The van der Waals surface area contributed by atoms with E-state index in [2.05, 4.69) is 0 Å². The van der Waals surface area contributed by atoms with Gasteiger partial charge in [-0.1, -0.05) is 37.3 Å². The van der Waals surface area contributed by atoms with Crippen LogP contribution < -0.4 is 0 Å². The molecule has 0 unspecified atom stereocenters. The first-order chi connectivity index (χ1) is 8.70. The quantitative estimate of drug-likeness (QED) is 0.606. The van der Waals surface area contributed by atoms with Crippen molar-refractivity contribution >= 4 is 12.1 Å². The van der Waals surface area contributed by atoms with Crippen LogP contribution in [-0.4, -0.2) is 23.2 Å². The molecule has 5 nitrogen and oxygen atoms in total. The van der Waals surface area contributed by atoms with Crippen molar-refractivity contribution in [3.8, 4) is 0 Å². The van der Waals surface area contributed by atoms with E-state index in [1.54, 1.807) is 0 Å². The van der Waals surface area contributed by atoms with Crippen LogP contribution in [0.5, 0.6) is 0 Å². The number of hydrogen-bond donors (Lipinski definition) is 0. The van der Waals surface area contributed by atoms with Gasteiger partial charge < -0.3 is 9.57 Å². The number of amides is 1. The molecule has 18 heavy (non-hydrogen) atoms. The van der Waals surface area contributed by atoms with Crippen molar-refractivity contribution in [1.82, 2.24) is 5.06 Å². The van der Waals surface area contributed by atoms with Crippen molar-refractivity contribution in [3.63, 3.8) is 0 Å². The highest BCUT2D eigenvalue weighted by molar-refractivity contribution is 5.83. The Morgan fingerprint density at radius 1 is 1.39 bits per heavy atom. The fraction of sp³-hybridized carbons (Fsp3) is 0.385. The summed E-state index contributed by atoms with van der Waals surface area (Å²) in [6.45, 7) is 2.07. The second-order valence-electron chi connectivity index (χ2n) is 4.10. The second-order valence-corrected chi connectivity index (χ2v) is 4.10. The van der Waals surface area contributed by atoms with Gasteiger partial charge in [0.2, 0.25) is 0 Å². The maximum Gasteiger partial charge on any atom is 0.533 e. The van der Waals surface area contributed by atoms with Crippen molar-refractivity contribution in [1.29, 1.82) is 0 Å². The van der Waals surface area contributed by atoms with Gasteiger partial charge in [0, 0.05) is 0 Å². The number of hydroxylamine groups is 2. The lowest BCUT2D eigenvalue weighted by Crippen LogP contribution is -2.52. The van der Waals surface area contributed by atoms with Gasteiger partial charge in [-0.05, 0) is 12.0 Å². The fourth-order valence-corrected chi connectivity index (χ4v) is 1.72. The maximum absolute atomic E-state index is 11.4. The van der Waals surface area contributed by atoms with Crippen molar-refractivity contribution in [2.45, 2.75) is 32.4 Å². The number of ether oxygens (including phenoxy) is 1. The van der Waals surface area contributed by atoms with Crippen LogP contribution in [-0.2, 0) is 21.0 Å². The first-order valence-corrected chi connectivity index (χ1v) is 5.91. The standard InChI is InChI=1S/C13H15NO4/c1-2-11-8-12(15)14(11)18-13(16)17-9-10-6-4-3-5-7-10/h3-7,11H,2,8-9H2,1H3/t11-/m0/s1. The van der Waals surface area contributed by atoms with Gasteiger partial charge in [-0.25, -0.2) is 4.79 Å². The molecule has 0 aromatic heterocycles. The number of β-lactam (4-membered cyclic amide) rings is 1. The van der Waals surface area contributed by atoms with E-state index in [0.29, 0.717) is 6.42 Å². The molecule has 0 radical (unpaired) electrons. The minimum atomic E-state index is -0.842. The zero-order chi connectivity index (χ0) is 13.0. The summed E-state index contributed by atoms with van der Waals surface area (Å²) in [5, 5.41) is 1.09. The van der Waals surface area contributed by atoms with E-state index in [4.69, 9.17) is 9.57 Å². The van der Waals surface area contributed by atoms with E-state index < -0.39 is 6.16 Å². The smallest absolute Gasteiger partial charge is 0.428 e. The minimum Gasteiger partial charge on any atom is -0.428 e. The highest BCUT2D eigenvalue weighted by Crippen LogP contribution is 2.22. The van der Waals surface area contributed by atoms with Gasteiger partial charge in [0.05, 0.1) is 12.5 Å². The second kappa shape index (κ2) is 5.53. The lowest BCUT2D eigenvalue weighted by molar-refractivity contribution is -0.210. The number of nitrogens with zero attached hydrogens (tertiary/aromatic N) is 1. The van der Waals surface area contributed by atoms with Crippen LogP contribution in [0.15, 0.2) is 30.3 Å². The third kappa shape index (κ3) is 2.80. The molecule has 1 aliphatic heterocycles. The lowest BCUT2D eigenvalue weighted by atomic mass is 10.0. The summed E-state index contributed by atoms with van der Waals surface area (Å²) < 4.78 is 4.92. The summed E-state index contributed by atoms with van der Waals surface area (Å²) in [7, 11) is 0. The molecule has 0 aliphatic carbocycles. The van der Waals surface area contributed by atoms with Gasteiger partial charge in [0.15, 0.2) is 0 Å². The number of carbonyl (C=O) groups excluding carboxylic acids is 2. The van der Waals surface area contributed by atoms with Gasteiger partial charge in [-0.15, -0.1) is 0 Å². The van der Waals surface area contributed by atoms with E-state index in [1.165, 1.54) is 0 Å². The number of rotatable bonds is 4. The molecule has 2 rings (SSSR count). The third-order valence-corrected chi connectivity index (χ3v) is 2.83. The molecular weight excluding hydrogens is 234 g/mol. The molecule has 96 valence electrons.